The van der Waals surface area contributed by atoms with Crippen LogP contribution >= 0.6 is 0 Å². The summed E-state index contributed by atoms with van der Waals surface area (Å²) in [4.78, 5) is 12.3. The topological polar surface area (TPSA) is 41.1 Å². The third kappa shape index (κ3) is 2.39. The zero-order chi connectivity index (χ0) is 14.1. The van der Waals surface area contributed by atoms with Crippen molar-refractivity contribution in [2.45, 2.75) is 20.3 Å². The van der Waals surface area contributed by atoms with Crippen molar-refractivity contribution in [2.75, 3.05) is 17.2 Å². The maximum Gasteiger partial charge on any atom is 0.255 e. The predicted molar refractivity (Wildman–Crippen MR) is 82.5 cm³/mol. The summed E-state index contributed by atoms with van der Waals surface area (Å²) in [6, 6.07) is 11.8. The highest BCUT2D eigenvalue weighted by Crippen LogP contribution is 2.24. The maximum absolute atomic E-state index is 12.3. The van der Waals surface area contributed by atoms with Gasteiger partial charge in [-0.15, -0.1) is 0 Å². The number of aryl methyl sites for hydroxylation is 2. The highest BCUT2D eigenvalue weighted by molar-refractivity contribution is 6.05. The van der Waals surface area contributed by atoms with Crippen LogP contribution in [0.5, 0.6) is 0 Å². The molecule has 1 heterocycles. The lowest BCUT2D eigenvalue weighted by atomic mass is 10.1. The highest BCUT2D eigenvalue weighted by atomic mass is 16.1. The number of carbonyl (C=O) groups is 1. The van der Waals surface area contributed by atoms with Crippen LogP contribution in [0.3, 0.4) is 0 Å². The average Bonchev–Trinajstić information content (AvgIpc) is 2.90. The summed E-state index contributed by atoms with van der Waals surface area (Å²) in [6.45, 7) is 5.06. The van der Waals surface area contributed by atoms with Crippen molar-refractivity contribution in [3.8, 4) is 0 Å². The molecule has 1 amide bonds. The summed E-state index contributed by atoms with van der Waals surface area (Å²) in [5, 5.41) is 6.25. The minimum Gasteiger partial charge on any atom is -0.384 e. The van der Waals surface area contributed by atoms with Crippen molar-refractivity contribution in [2.24, 2.45) is 0 Å². The first-order valence-corrected chi connectivity index (χ1v) is 6.89. The standard InChI is InChI=1S/C17H18N2O/c1-11-3-6-15(9-12(11)2)19-17(20)14-5-4-13-7-8-18-16(13)10-14/h3-6,9-10,18H,7-8H2,1-2H3,(H,19,20). The summed E-state index contributed by atoms with van der Waals surface area (Å²) in [5.74, 6) is -0.0650. The van der Waals surface area contributed by atoms with Crippen LogP contribution in [-0.4, -0.2) is 12.5 Å². The van der Waals surface area contributed by atoms with Gasteiger partial charge in [0.05, 0.1) is 0 Å². The molecule has 0 aromatic heterocycles. The molecule has 2 aromatic carbocycles. The molecule has 3 nitrogen and oxygen atoms in total. The number of carbonyl (C=O) groups excluding carboxylic acids is 1. The molecule has 0 unspecified atom stereocenters. The van der Waals surface area contributed by atoms with Gasteiger partial charge in [-0.1, -0.05) is 12.1 Å². The molecule has 1 aliphatic rings. The van der Waals surface area contributed by atoms with Gasteiger partial charge in [-0.3, -0.25) is 4.79 Å². The Morgan fingerprint density at radius 2 is 1.95 bits per heavy atom. The zero-order valence-corrected chi connectivity index (χ0v) is 11.8. The molecule has 2 aromatic rings. The second kappa shape index (κ2) is 5.00. The van der Waals surface area contributed by atoms with Crippen molar-refractivity contribution >= 4 is 17.3 Å². The molecule has 0 saturated carbocycles. The van der Waals surface area contributed by atoms with Crippen LogP contribution in [0.25, 0.3) is 0 Å². The van der Waals surface area contributed by atoms with Crippen molar-refractivity contribution < 1.29 is 4.79 Å². The van der Waals surface area contributed by atoms with Gasteiger partial charge in [0.15, 0.2) is 0 Å². The Hall–Kier alpha value is -2.29. The lowest BCUT2D eigenvalue weighted by Gasteiger charge is -2.09. The number of hydrogen-bond donors (Lipinski definition) is 2. The maximum atomic E-state index is 12.3. The first kappa shape index (κ1) is 12.7. The molecule has 0 spiro atoms. The lowest BCUT2D eigenvalue weighted by molar-refractivity contribution is 0.102. The SMILES string of the molecule is Cc1ccc(NC(=O)c2ccc3c(c2)NCC3)cc1C. The zero-order valence-electron chi connectivity index (χ0n) is 11.8. The molecule has 0 fully saturated rings. The third-order valence-electron chi connectivity index (χ3n) is 3.85. The highest BCUT2D eigenvalue weighted by Gasteiger charge is 2.13. The van der Waals surface area contributed by atoms with Gasteiger partial charge in [-0.2, -0.15) is 0 Å². The minimum absolute atomic E-state index is 0.0650. The normalized spacial score (nSPS) is 12.7. The van der Waals surface area contributed by atoms with Gasteiger partial charge in [0.25, 0.3) is 5.91 Å². The van der Waals surface area contributed by atoms with E-state index in [-0.39, 0.29) is 5.91 Å². The fourth-order valence-corrected chi connectivity index (χ4v) is 2.45. The van der Waals surface area contributed by atoms with E-state index in [1.54, 1.807) is 0 Å². The lowest BCUT2D eigenvalue weighted by Crippen LogP contribution is -2.12. The van der Waals surface area contributed by atoms with Gasteiger partial charge in [0, 0.05) is 23.5 Å². The molecule has 102 valence electrons. The second-order valence-corrected chi connectivity index (χ2v) is 5.30. The molecule has 0 bridgehead atoms. The van der Waals surface area contributed by atoms with Crippen LogP contribution in [0, 0.1) is 13.8 Å². The third-order valence-corrected chi connectivity index (χ3v) is 3.85. The van der Waals surface area contributed by atoms with E-state index >= 15 is 0 Å². The first-order chi connectivity index (χ1) is 9.63. The smallest absolute Gasteiger partial charge is 0.255 e. The summed E-state index contributed by atoms with van der Waals surface area (Å²) in [5.41, 5.74) is 6.30. The largest absolute Gasteiger partial charge is 0.384 e. The number of amides is 1. The van der Waals surface area contributed by atoms with E-state index < -0.39 is 0 Å². The molecule has 3 heteroatoms. The summed E-state index contributed by atoms with van der Waals surface area (Å²) >= 11 is 0. The fraction of sp³-hybridized carbons (Fsp3) is 0.235. The van der Waals surface area contributed by atoms with Gasteiger partial charge in [0.1, 0.15) is 0 Å². The second-order valence-electron chi connectivity index (χ2n) is 5.30. The van der Waals surface area contributed by atoms with Gasteiger partial charge >= 0.3 is 0 Å². The van der Waals surface area contributed by atoms with Crippen molar-refractivity contribution in [3.05, 3.63) is 58.7 Å². The molecule has 0 saturated heterocycles. The Labute approximate surface area is 119 Å². The van der Waals surface area contributed by atoms with E-state index in [1.165, 1.54) is 16.7 Å². The average molecular weight is 266 g/mol. The van der Waals surface area contributed by atoms with Crippen LogP contribution in [0.4, 0.5) is 11.4 Å². The van der Waals surface area contributed by atoms with Crippen LogP contribution < -0.4 is 10.6 Å². The Kier molecular flexibility index (Phi) is 3.18. The van der Waals surface area contributed by atoms with E-state index in [4.69, 9.17) is 0 Å². The van der Waals surface area contributed by atoms with Crippen LogP contribution in [0.15, 0.2) is 36.4 Å². The van der Waals surface area contributed by atoms with E-state index in [0.717, 1.165) is 24.3 Å². The number of rotatable bonds is 2. The summed E-state index contributed by atoms with van der Waals surface area (Å²) in [7, 11) is 0. The van der Waals surface area contributed by atoms with Gasteiger partial charge in [0.2, 0.25) is 0 Å². The van der Waals surface area contributed by atoms with Gasteiger partial charge in [-0.25, -0.2) is 0 Å². The molecule has 0 aliphatic carbocycles. The van der Waals surface area contributed by atoms with E-state index in [2.05, 4.69) is 17.6 Å². The Bertz CT molecular complexity index is 677. The van der Waals surface area contributed by atoms with Gasteiger partial charge in [-0.05, 0) is 61.2 Å². The summed E-state index contributed by atoms with van der Waals surface area (Å²) in [6.07, 6.45) is 1.04. The molecular weight excluding hydrogens is 248 g/mol. The fourth-order valence-electron chi connectivity index (χ4n) is 2.45. The van der Waals surface area contributed by atoms with Crippen molar-refractivity contribution in [1.29, 1.82) is 0 Å². The van der Waals surface area contributed by atoms with Crippen molar-refractivity contribution in [1.82, 2.24) is 0 Å². The van der Waals surface area contributed by atoms with Crippen LogP contribution in [-0.2, 0) is 6.42 Å². The molecule has 0 atom stereocenters. The Morgan fingerprint density at radius 3 is 2.75 bits per heavy atom. The first-order valence-electron chi connectivity index (χ1n) is 6.89. The van der Waals surface area contributed by atoms with E-state index in [9.17, 15) is 4.79 Å². The quantitative estimate of drug-likeness (QED) is 0.873. The van der Waals surface area contributed by atoms with Gasteiger partial charge < -0.3 is 10.6 Å². The van der Waals surface area contributed by atoms with Crippen LogP contribution in [0.1, 0.15) is 27.0 Å². The van der Waals surface area contributed by atoms with E-state index in [0.29, 0.717) is 5.56 Å². The number of hydrogen-bond acceptors (Lipinski definition) is 2. The van der Waals surface area contributed by atoms with Crippen molar-refractivity contribution in [3.63, 3.8) is 0 Å². The summed E-state index contributed by atoms with van der Waals surface area (Å²) < 4.78 is 0. The molecule has 20 heavy (non-hydrogen) atoms. The molecule has 2 N–H and O–H groups in total. The number of fused-ring (bicyclic) bond motifs is 1. The monoisotopic (exact) mass is 266 g/mol. The number of benzene rings is 2. The minimum atomic E-state index is -0.0650. The molecule has 0 radical (unpaired) electrons. The molecule has 1 aliphatic heterocycles. The Morgan fingerprint density at radius 1 is 1.10 bits per heavy atom. The molecule has 3 rings (SSSR count). The number of anilines is 2. The number of nitrogens with one attached hydrogen (secondary N) is 2. The molecular formula is C17H18N2O. The van der Waals surface area contributed by atoms with E-state index in [1.807, 2.05) is 43.3 Å². The Balaban J connectivity index is 1.80. The van der Waals surface area contributed by atoms with Crippen LogP contribution in [0.2, 0.25) is 0 Å². The predicted octanol–water partition coefficient (Wildman–Crippen LogP) is 3.52.